The second-order valence-electron chi connectivity index (χ2n) is 6.48. The van der Waals surface area contributed by atoms with E-state index in [9.17, 15) is 0 Å². The van der Waals surface area contributed by atoms with Crippen LogP contribution in [0.2, 0.25) is 0 Å². The molecule has 1 aliphatic carbocycles. The Morgan fingerprint density at radius 3 is 2.95 bits per heavy atom. The Labute approximate surface area is 128 Å². The summed E-state index contributed by atoms with van der Waals surface area (Å²) in [4.78, 5) is 4.35. The molecular formula is C18H18N2S. The maximum atomic E-state index is 4.35. The number of hydrogen-bond donors (Lipinski definition) is 1. The molecule has 1 N–H and O–H groups in total. The summed E-state index contributed by atoms with van der Waals surface area (Å²) < 4.78 is 1.24. The number of rotatable bonds is 2. The molecule has 106 valence electrons. The van der Waals surface area contributed by atoms with Crippen LogP contribution in [0.15, 0.2) is 48.0 Å². The SMILES string of the molecule is CC1(C)Cc2ccccc2C1Nc1ccc2ncsc2c1. The zero-order chi connectivity index (χ0) is 14.4. The Morgan fingerprint density at radius 1 is 1.19 bits per heavy atom. The first-order valence-corrected chi connectivity index (χ1v) is 8.19. The molecule has 1 atom stereocenters. The highest BCUT2D eigenvalue weighted by Crippen LogP contribution is 2.46. The third kappa shape index (κ3) is 2.12. The number of thiazole rings is 1. The summed E-state index contributed by atoms with van der Waals surface area (Å²) in [6.45, 7) is 4.69. The van der Waals surface area contributed by atoms with Crippen LogP contribution < -0.4 is 5.32 Å². The normalized spacial score (nSPS) is 19.6. The van der Waals surface area contributed by atoms with Crippen molar-refractivity contribution >= 4 is 27.2 Å². The van der Waals surface area contributed by atoms with Crippen molar-refractivity contribution in [2.45, 2.75) is 26.3 Å². The number of anilines is 1. The maximum Gasteiger partial charge on any atom is 0.0813 e. The smallest absolute Gasteiger partial charge is 0.0813 e. The van der Waals surface area contributed by atoms with Crippen molar-refractivity contribution in [2.24, 2.45) is 5.41 Å². The first-order chi connectivity index (χ1) is 10.1. The summed E-state index contributed by atoms with van der Waals surface area (Å²) in [5.41, 5.74) is 7.30. The van der Waals surface area contributed by atoms with Crippen molar-refractivity contribution in [1.29, 1.82) is 0 Å². The second kappa shape index (κ2) is 4.57. The maximum absolute atomic E-state index is 4.35. The van der Waals surface area contributed by atoms with Gasteiger partial charge in [0.2, 0.25) is 0 Å². The van der Waals surface area contributed by atoms with Crippen LogP contribution in [-0.4, -0.2) is 4.98 Å². The van der Waals surface area contributed by atoms with Gasteiger partial charge in [-0.25, -0.2) is 4.98 Å². The van der Waals surface area contributed by atoms with Crippen molar-refractivity contribution in [3.63, 3.8) is 0 Å². The van der Waals surface area contributed by atoms with Gasteiger partial charge in [0, 0.05) is 5.69 Å². The van der Waals surface area contributed by atoms with E-state index in [1.165, 1.54) is 21.5 Å². The fraction of sp³-hybridized carbons (Fsp3) is 0.278. The highest BCUT2D eigenvalue weighted by Gasteiger charge is 2.38. The van der Waals surface area contributed by atoms with E-state index >= 15 is 0 Å². The molecule has 1 aliphatic rings. The summed E-state index contributed by atoms with van der Waals surface area (Å²) in [5, 5.41) is 3.75. The van der Waals surface area contributed by atoms with Gasteiger partial charge < -0.3 is 5.32 Å². The predicted octanol–water partition coefficient (Wildman–Crippen LogP) is 5.03. The number of benzene rings is 2. The number of fused-ring (bicyclic) bond motifs is 2. The van der Waals surface area contributed by atoms with E-state index in [4.69, 9.17) is 0 Å². The van der Waals surface area contributed by atoms with E-state index < -0.39 is 0 Å². The molecule has 0 saturated heterocycles. The third-order valence-electron chi connectivity index (χ3n) is 4.44. The monoisotopic (exact) mass is 294 g/mol. The zero-order valence-electron chi connectivity index (χ0n) is 12.3. The third-order valence-corrected chi connectivity index (χ3v) is 5.23. The summed E-state index contributed by atoms with van der Waals surface area (Å²) in [6, 6.07) is 15.6. The van der Waals surface area contributed by atoms with E-state index in [1.54, 1.807) is 11.3 Å². The summed E-state index contributed by atoms with van der Waals surface area (Å²) in [6.07, 6.45) is 1.13. The lowest BCUT2D eigenvalue weighted by Crippen LogP contribution is -2.24. The van der Waals surface area contributed by atoms with Gasteiger partial charge in [-0.3, -0.25) is 0 Å². The average molecular weight is 294 g/mol. The Hall–Kier alpha value is -1.87. The molecule has 0 radical (unpaired) electrons. The highest BCUT2D eigenvalue weighted by atomic mass is 32.1. The molecule has 3 heteroatoms. The number of aromatic nitrogens is 1. The van der Waals surface area contributed by atoms with Crippen LogP contribution in [0.1, 0.15) is 31.0 Å². The molecule has 1 unspecified atom stereocenters. The minimum atomic E-state index is 0.229. The number of hydrogen-bond acceptors (Lipinski definition) is 3. The minimum absolute atomic E-state index is 0.229. The molecular weight excluding hydrogens is 276 g/mol. The van der Waals surface area contributed by atoms with Gasteiger partial charge in [0.05, 0.1) is 21.8 Å². The molecule has 2 nitrogen and oxygen atoms in total. The quantitative estimate of drug-likeness (QED) is 0.717. The van der Waals surface area contributed by atoms with Crippen molar-refractivity contribution < 1.29 is 0 Å². The molecule has 2 aromatic carbocycles. The second-order valence-corrected chi connectivity index (χ2v) is 7.36. The fourth-order valence-corrected chi connectivity index (χ4v) is 4.09. The summed E-state index contributed by atoms with van der Waals surface area (Å²) in [7, 11) is 0. The van der Waals surface area contributed by atoms with Gasteiger partial charge in [0.15, 0.2) is 0 Å². The van der Waals surface area contributed by atoms with Gasteiger partial charge >= 0.3 is 0 Å². The zero-order valence-corrected chi connectivity index (χ0v) is 13.1. The molecule has 0 amide bonds. The Bertz CT molecular complexity index is 804. The van der Waals surface area contributed by atoms with Gasteiger partial charge in [-0.05, 0) is 41.2 Å². The van der Waals surface area contributed by atoms with E-state index in [0.29, 0.717) is 6.04 Å². The minimum Gasteiger partial charge on any atom is -0.378 e. The van der Waals surface area contributed by atoms with Gasteiger partial charge in [0.1, 0.15) is 0 Å². The van der Waals surface area contributed by atoms with E-state index in [-0.39, 0.29) is 5.41 Å². The van der Waals surface area contributed by atoms with Crippen LogP contribution >= 0.6 is 11.3 Å². The number of nitrogens with zero attached hydrogens (tertiary/aromatic N) is 1. The molecule has 0 aliphatic heterocycles. The Balaban J connectivity index is 1.72. The molecule has 1 heterocycles. The molecule has 3 aromatic rings. The van der Waals surface area contributed by atoms with Gasteiger partial charge in [-0.15, -0.1) is 11.3 Å². The standard InChI is InChI=1S/C18H18N2S/c1-18(2)10-12-5-3-4-6-14(12)17(18)20-13-7-8-15-16(9-13)21-11-19-15/h3-9,11,17,20H,10H2,1-2H3. The molecule has 21 heavy (non-hydrogen) atoms. The molecule has 0 saturated carbocycles. The lowest BCUT2D eigenvalue weighted by molar-refractivity contribution is 0.337. The highest BCUT2D eigenvalue weighted by molar-refractivity contribution is 7.16. The van der Waals surface area contributed by atoms with Crippen LogP contribution in [0, 0.1) is 5.41 Å². The molecule has 0 bridgehead atoms. The molecule has 1 aromatic heterocycles. The lowest BCUT2D eigenvalue weighted by Gasteiger charge is -2.29. The van der Waals surface area contributed by atoms with Gasteiger partial charge in [0.25, 0.3) is 0 Å². The Kier molecular flexibility index (Phi) is 2.79. The predicted molar refractivity (Wildman–Crippen MR) is 89.9 cm³/mol. The topological polar surface area (TPSA) is 24.9 Å². The fourth-order valence-electron chi connectivity index (χ4n) is 3.38. The van der Waals surface area contributed by atoms with Crippen molar-refractivity contribution in [1.82, 2.24) is 4.98 Å². The van der Waals surface area contributed by atoms with Crippen LogP contribution in [0.25, 0.3) is 10.2 Å². The average Bonchev–Trinajstić information content (AvgIpc) is 3.01. The van der Waals surface area contributed by atoms with Crippen LogP contribution in [0.3, 0.4) is 0 Å². The van der Waals surface area contributed by atoms with Crippen LogP contribution in [0.5, 0.6) is 0 Å². The first kappa shape index (κ1) is 12.8. The van der Waals surface area contributed by atoms with Crippen molar-refractivity contribution in [2.75, 3.05) is 5.32 Å². The van der Waals surface area contributed by atoms with Crippen molar-refractivity contribution in [3.05, 3.63) is 59.1 Å². The Morgan fingerprint density at radius 2 is 2.05 bits per heavy atom. The summed E-state index contributed by atoms with van der Waals surface area (Å²) in [5.74, 6) is 0. The van der Waals surface area contributed by atoms with Gasteiger partial charge in [-0.2, -0.15) is 0 Å². The lowest BCUT2D eigenvalue weighted by atomic mass is 9.85. The largest absolute Gasteiger partial charge is 0.378 e. The molecule has 0 spiro atoms. The van der Waals surface area contributed by atoms with E-state index in [1.807, 2.05) is 5.51 Å². The van der Waals surface area contributed by atoms with Crippen LogP contribution in [-0.2, 0) is 6.42 Å². The molecule has 4 rings (SSSR count). The van der Waals surface area contributed by atoms with E-state index in [2.05, 4.69) is 66.6 Å². The number of nitrogens with one attached hydrogen (secondary N) is 1. The summed E-state index contributed by atoms with van der Waals surface area (Å²) >= 11 is 1.69. The van der Waals surface area contributed by atoms with Gasteiger partial charge in [-0.1, -0.05) is 38.1 Å². The first-order valence-electron chi connectivity index (χ1n) is 7.31. The molecule has 0 fully saturated rings. The van der Waals surface area contributed by atoms with Crippen LogP contribution in [0.4, 0.5) is 5.69 Å². The van der Waals surface area contributed by atoms with E-state index in [0.717, 1.165) is 11.9 Å². The van der Waals surface area contributed by atoms with Crippen molar-refractivity contribution in [3.8, 4) is 0 Å².